The molecule has 0 aliphatic carbocycles. The molecule has 2 rings (SSSR count). The molecule has 0 fully saturated rings. The predicted octanol–water partition coefficient (Wildman–Crippen LogP) is 3.95. The van der Waals surface area contributed by atoms with Gasteiger partial charge in [-0.25, -0.2) is 9.97 Å². The van der Waals surface area contributed by atoms with Gasteiger partial charge in [-0.3, -0.25) is 0 Å². The molecule has 2 nitrogen and oxygen atoms in total. The van der Waals surface area contributed by atoms with E-state index < -0.39 is 0 Å². The van der Waals surface area contributed by atoms with Crippen LogP contribution in [0.5, 0.6) is 0 Å². The molecule has 1 heterocycles. The first-order valence-electron chi connectivity index (χ1n) is 6.52. The Morgan fingerprint density at radius 1 is 0.944 bits per heavy atom. The molecule has 0 saturated carbocycles. The summed E-state index contributed by atoms with van der Waals surface area (Å²) in [5.41, 5.74) is 2.57. The summed E-state index contributed by atoms with van der Waals surface area (Å²) in [7, 11) is 0. The Kier molecular flexibility index (Phi) is 4.08. The third-order valence-corrected chi connectivity index (χ3v) is 3.15. The lowest BCUT2D eigenvalue weighted by Crippen LogP contribution is -2.02. The fourth-order valence-corrected chi connectivity index (χ4v) is 2.02. The first-order valence-corrected chi connectivity index (χ1v) is 6.52. The maximum Gasteiger partial charge on any atom is 0.130 e. The van der Waals surface area contributed by atoms with Crippen LogP contribution in [0.15, 0.2) is 42.7 Å². The molecule has 0 spiro atoms. The van der Waals surface area contributed by atoms with Crippen LogP contribution in [0.4, 0.5) is 0 Å². The van der Waals surface area contributed by atoms with Crippen LogP contribution in [0.25, 0.3) is 0 Å². The minimum Gasteiger partial charge on any atom is -0.241 e. The molecule has 0 bridgehead atoms. The van der Waals surface area contributed by atoms with Crippen molar-refractivity contribution in [3.05, 3.63) is 59.7 Å². The maximum atomic E-state index is 4.41. The van der Waals surface area contributed by atoms with Crippen molar-refractivity contribution in [2.45, 2.75) is 39.0 Å². The van der Waals surface area contributed by atoms with Gasteiger partial charge in [0.2, 0.25) is 0 Å². The highest BCUT2D eigenvalue weighted by atomic mass is 14.9. The van der Waals surface area contributed by atoms with Crippen LogP contribution in [0.2, 0.25) is 0 Å². The zero-order valence-electron chi connectivity index (χ0n) is 11.3. The van der Waals surface area contributed by atoms with Crippen LogP contribution in [0.1, 0.15) is 49.6 Å². The standard InChI is InChI=1S/C16H20N2/c1-12(2)16-17-10-14(11-18-16)9-13(3)15-7-5-4-6-8-15/h4-8,10-13H,9H2,1-3H3. The van der Waals surface area contributed by atoms with Crippen molar-refractivity contribution in [3.8, 4) is 0 Å². The minimum absolute atomic E-state index is 0.394. The van der Waals surface area contributed by atoms with E-state index in [0.29, 0.717) is 11.8 Å². The molecule has 2 aromatic rings. The van der Waals surface area contributed by atoms with Gasteiger partial charge in [-0.2, -0.15) is 0 Å². The Hall–Kier alpha value is -1.70. The summed E-state index contributed by atoms with van der Waals surface area (Å²) >= 11 is 0. The van der Waals surface area contributed by atoms with E-state index in [-0.39, 0.29) is 0 Å². The normalized spacial score (nSPS) is 12.7. The molecule has 0 saturated heterocycles. The van der Waals surface area contributed by atoms with Gasteiger partial charge >= 0.3 is 0 Å². The lowest BCUT2D eigenvalue weighted by Gasteiger charge is -2.12. The SMILES string of the molecule is CC(C)c1ncc(CC(C)c2ccccc2)cn1. The molecule has 94 valence electrons. The van der Waals surface area contributed by atoms with Crippen LogP contribution < -0.4 is 0 Å². The quantitative estimate of drug-likeness (QED) is 0.808. The van der Waals surface area contributed by atoms with Gasteiger partial charge < -0.3 is 0 Å². The Morgan fingerprint density at radius 3 is 2.11 bits per heavy atom. The molecule has 2 heteroatoms. The van der Waals surface area contributed by atoms with E-state index in [2.05, 4.69) is 61.1 Å². The van der Waals surface area contributed by atoms with Gasteiger partial charge in [-0.1, -0.05) is 51.1 Å². The summed E-state index contributed by atoms with van der Waals surface area (Å²) in [4.78, 5) is 8.83. The van der Waals surface area contributed by atoms with Crippen molar-refractivity contribution in [1.82, 2.24) is 9.97 Å². The molecule has 0 amide bonds. The van der Waals surface area contributed by atoms with Crippen LogP contribution in [0.3, 0.4) is 0 Å². The van der Waals surface area contributed by atoms with E-state index in [1.165, 1.54) is 11.1 Å². The van der Waals surface area contributed by atoms with E-state index in [1.54, 1.807) is 0 Å². The lowest BCUT2D eigenvalue weighted by atomic mass is 9.95. The Morgan fingerprint density at radius 2 is 1.56 bits per heavy atom. The smallest absolute Gasteiger partial charge is 0.130 e. The summed E-state index contributed by atoms with van der Waals surface area (Å²) in [5, 5.41) is 0. The third kappa shape index (κ3) is 3.16. The van der Waals surface area contributed by atoms with Gasteiger partial charge in [0.1, 0.15) is 5.82 Å². The van der Waals surface area contributed by atoms with E-state index >= 15 is 0 Å². The lowest BCUT2D eigenvalue weighted by molar-refractivity contribution is 0.730. The van der Waals surface area contributed by atoms with Crippen molar-refractivity contribution in [2.75, 3.05) is 0 Å². The minimum atomic E-state index is 0.394. The van der Waals surface area contributed by atoms with Gasteiger partial charge in [0.15, 0.2) is 0 Å². The molecular weight excluding hydrogens is 220 g/mol. The van der Waals surface area contributed by atoms with E-state index in [0.717, 1.165) is 12.2 Å². The molecule has 1 atom stereocenters. The van der Waals surface area contributed by atoms with Gasteiger partial charge in [0.05, 0.1) is 0 Å². The summed E-state index contributed by atoms with van der Waals surface area (Å²) in [6.07, 6.45) is 4.91. The first-order chi connectivity index (χ1) is 8.66. The Labute approximate surface area is 109 Å². The molecule has 1 aromatic heterocycles. The second-order valence-corrected chi connectivity index (χ2v) is 5.12. The predicted molar refractivity (Wildman–Crippen MR) is 74.7 cm³/mol. The zero-order chi connectivity index (χ0) is 13.0. The molecule has 0 aliphatic heterocycles. The van der Waals surface area contributed by atoms with Crippen LogP contribution in [0, 0.1) is 0 Å². The van der Waals surface area contributed by atoms with Gasteiger partial charge in [-0.05, 0) is 23.5 Å². The number of hydrogen-bond acceptors (Lipinski definition) is 2. The van der Waals surface area contributed by atoms with E-state index in [1.807, 2.05) is 12.4 Å². The fraction of sp³-hybridized carbons (Fsp3) is 0.375. The van der Waals surface area contributed by atoms with Crippen molar-refractivity contribution >= 4 is 0 Å². The summed E-state index contributed by atoms with van der Waals surface area (Å²) in [5.74, 6) is 1.82. The van der Waals surface area contributed by atoms with Crippen molar-refractivity contribution in [1.29, 1.82) is 0 Å². The third-order valence-electron chi connectivity index (χ3n) is 3.15. The average Bonchev–Trinajstić information content (AvgIpc) is 2.40. The van der Waals surface area contributed by atoms with Gasteiger partial charge in [0, 0.05) is 18.3 Å². The van der Waals surface area contributed by atoms with Crippen LogP contribution in [-0.4, -0.2) is 9.97 Å². The molecular formula is C16H20N2. The number of aromatic nitrogens is 2. The second kappa shape index (κ2) is 5.76. The molecule has 0 aliphatic rings. The largest absolute Gasteiger partial charge is 0.241 e. The van der Waals surface area contributed by atoms with E-state index in [9.17, 15) is 0 Å². The number of rotatable bonds is 4. The number of benzene rings is 1. The van der Waals surface area contributed by atoms with Crippen molar-refractivity contribution < 1.29 is 0 Å². The highest BCUT2D eigenvalue weighted by molar-refractivity contribution is 5.21. The molecule has 1 unspecified atom stereocenters. The van der Waals surface area contributed by atoms with E-state index in [4.69, 9.17) is 0 Å². The maximum absolute atomic E-state index is 4.41. The van der Waals surface area contributed by atoms with Crippen LogP contribution in [-0.2, 0) is 6.42 Å². The molecule has 0 radical (unpaired) electrons. The monoisotopic (exact) mass is 240 g/mol. The summed E-state index contributed by atoms with van der Waals surface area (Å²) in [6, 6.07) is 10.6. The average molecular weight is 240 g/mol. The topological polar surface area (TPSA) is 25.8 Å². The van der Waals surface area contributed by atoms with Gasteiger partial charge in [0.25, 0.3) is 0 Å². The molecule has 1 aromatic carbocycles. The molecule has 18 heavy (non-hydrogen) atoms. The summed E-state index contributed by atoms with van der Waals surface area (Å²) in [6.45, 7) is 6.47. The summed E-state index contributed by atoms with van der Waals surface area (Å²) < 4.78 is 0. The van der Waals surface area contributed by atoms with Crippen LogP contribution >= 0.6 is 0 Å². The van der Waals surface area contributed by atoms with Crippen molar-refractivity contribution in [3.63, 3.8) is 0 Å². The fourth-order valence-electron chi connectivity index (χ4n) is 2.02. The number of nitrogens with zero attached hydrogens (tertiary/aromatic N) is 2. The Balaban J connectivity index is 2.05. The molecule has 0 N–H and O–H groups in total. The second-order valence-electron chi connectivity index (χ2n) is 5.12. The van der Waals surface area contributed by atoms with Crippen molar-refractivity contribution in [2.24, 2.45) is 0 Å². The Bertz CT molecular complexity index is 474. The highest BCUT2D eigenvalue weighted by Gasteiger charge is 2.08. The first kappa shape index (κ1) is 12.7. The highest BCUT2D eigenvalue weighted by Crippen LogP contribution is 2.19. The zero-order valence-corrected chi connectivity index (χ0v) is 11.3. The van der Waals surface area contributed by atoms with Gasteiger partial charge in [-0.15, -0.1) is 0 Å². The number of hydrogen-bond donors (Lipinski definition) is 0.